The van der Waals surface area contributed by atoms with E-state index < -0.39 is 0 Å². The van der Waals surface area contributed by atoms with Gasteiger partial charge in [0.05, 0.1) is 9.26 Å². The van der Waals surface area contributed by atoms with E-state index in [0.717, 1.165) is 27.7 Å². The van der Waals surface area contributed by atoms with E-state index in [2.05, 4.69) is 39.5 Å². The molecule has 0 N–H and O–H groups in total. The monoisotopic (exact) mass is 440 g/mol. The predicted molar refractivity (Wildman–Crippen MR) is 93.0 cm³/mol. The Morgan fingerprint density at radius 2 is 1.75 bits per heavy atom. The minimum absolute atomic E-state index is 0.478. The molecule has 0 fully saturated rings. The third-order valence-electron chi connectivity index (χ3n) is 2.81. The minimum atomic E-state index is 0.478. The van der Waals surface area contributed by atoms with Gasteiger partial charge in [-0.2, -0.15) is 0 Å². The van der Waals surface area contributed by atoms with Gasteiger partial charge in [-0.05, 0) is 46.7 Å². The molecule has 106 valence electrons. The summed E-state index contributed by atoms with van der Waals surface area (Å²) in [5.74, 6) is 0.647. The van der Waals surface area contributed by atoms with Gasteiger partial charge < -0.3 is 0 Å². The fraction of sp³-hybridized carbons (Fsp3) is 0.286. The number of aryl methyl sites for hydroxylation is 1. The van der Waals surface area contributed by atoms with E-state index in [1.165, 1.54) is 0 Å². The van der Waals surface area contributed by atoms with Gasteiger partial charge in [-0.1, -0.05) is 54.2 Å². The van der Waals surface area contributed by atoms with Gasteiger partial charge in [0.15, 0.2) is 0 Å². The van der Waals surface area contributed by atoms with Crippen LogP contribution in [0.15, 0.2) is 18.2 Å². The zero-order valence-electron chi connectivity index (χ0n) is 10.8. The summed E-state index contributed by atoms with van der Waals surface area (Å²) in [4.78, 5) is 8.90. The van der Waals surface area contributed by atoms with E-state index in [9.17, 15) is 0 Å². The topological polar surface area (TPSA) is 25.8 Å². The summed E-state index contributed by atoms with van der Waals surface area (Å²) in [5, 5.41) is 1.72. The summed E-state index contributed by atoms with van der Waals surface area (Å²) in [6.45, 7) is 2.11. The van der Waals surface area contributed by atoms with Crippen LogP contribution in [-0.4, -0.2) is 9.97 Å². The maximum Gasteiger partial charge on any atom is 0.146 e. The molecular formula is C14H12Cl3IN2. The average Bonchev–Trinajstić information content (AvgIpc) is 2.40. The van der Waals surface area contributed by atoms with Crippen LogP contribution in [0.5, 0.6) is 0 Å². The molecule has 0 aliphatic heterocycles. The highest BCUT2D eigenvalue weighted by Crippen LogP contribution is 2.27. The Kier molecular flexibility index (Phi) is 5.90. The quantitative estimate of drug-likeness (QED) is 0.457. The summed E-state index contributed by atoms with van der Waals surface area (Å²) < 4.78 is 0.917. The van der Waals surface area contributed by atoms with Gasteiger partial charge in [-0.3, -0.25) is 0 Å². The van der Waals surface area contributed by atoms with E-state index in [1.54, 1.807) is 0 Å². The Hall–Kier alpha value is -0.100. The Morgan fingerprint density at radius 3 is 2.35 bits per heavy atom. The second-order valence-corrected chi connectivity index (χ2v) is 6.57. The van der Waals surface area contributed by atoms with Crippen molar-refractivity contribution in [3.63, 3.8) is 0 Å². The van der Waals surface area contributed by atoms with Crippen molar-refractivity contribution in [2.75, 3.05) is 0 Å². The molecule has 0 amide bonds. The smallest absolute Gasteiger partial charge is 0.146 e. The zero-order valence-corrected chi connectivity index (χ0v) is 15.2. The van der Waals surface area contributed by atoms with Crippen LogP contribution in [0.2, 0.25) is 15.2 Å². The Labute approximate surface area is 147 Å². The molecule has 6 heteroatoms. The van der Waals surface area contributed by atoms with Gasteiger partial charge >= 0.3 is 0 Å². The molecule has 1 heterocycles. The van der Waals surface area contributed by atoms with Crippen LogP contribution in [0.25, 0.3) is 0 Å². The SMILES string of the molecule is CCCc1nc(Cc2c(Cl)cccc2Cl)nc(Cl)c1I. The molecule has 2 nitrogen and oxygen atoms in total. The van der Waals surface area contributed by atoms with E-state index >= 15 is 0 Å². The first-order chi connectivity index (χ1) is 9.52. The van der Waals surface area contributed by atoms with Crippen molar-refractivity contribution in [2.45, 2.75) is 26.2 Å². The molecule has 0 spiro atoms. The van der Waals surface area contributed by atoms with Crippen molar-refractivity contribution in [1.29, 1.82) is 0 Å². The number of hydrogen-bond donors (Lipinski definition) is 0. The van der Waals surface area contributed by atoms with Crippen molar-refractivity contribution in [3.05, 3.63) is 54.0 Å². The van der Waals surface area contributed by atoms with Crippen molar-refractivity contribution in [1.82, 2.24) is 9.97 Å². The molecule has 0 aliphatic carbocycles. The zero-order chi connectivity index (χ0) is 14.7. The average molecular weight is 442 g/mol. The Balaban J connectivity index is 2.39. The summed E-state index contributed by atoms with van der Waals surface area (Å²) in [5.41, 5.74) is 1.81. The fourth-order valence-corrected chi connectivity index (χ4v) is 3.10. The number of nitrogens with zero attached hydrogens (tertiary/aromatic N) is 2. The molecule has 0 radical (unpaired) electrons. The largest absolute Gasteiger partial charge is 0.236 e. The third-order valence-corrected chi connectivity index (χ3v) is 5.24. The van der Waals surface area contributed by atoms with E-state index in [1.807, 2.05) is 18.2 Å². The predicted octanol–water partition coefficient (Wildman–Crippen LogP) is 5.58. The van der Waals surface area contributed by atoms with Crippen LogP contribution in [0.1, 0.15) is 30.4 Å². The lowest BCUT2D eigenvalue weighted by molar-refractivity contribution is 0.833. The molecule has 1 aromatic heterocycles. The highest BCUT2D eigenvalue weighted by molar-refractivity contribution is 14.1. The normalized spacial score (nSPS) is 10.8. The van der Waals surface area contributed by atoms with Crippen LogP contribution >= 0.6 is 57.4 Å². The number of benzene rings is 1. The lowest BCUT2D eigenvalue weighted by Crippen LogP contribution is -2.05. The lowest BCUT2D eigenvalue weighted by atomic mass is 10.1. The molecular weight excluding hydrogens is 429 g/mol. The maximum atomic E-state index is 6.18. The van der Waals surface area contributed by atoms with Crippen molar-refractivity contribution < 1.29 is 0 Å². The molecule has 2 aromatic rings. The van der Waals surface area contributed by atoms with Crippen molar-refractivity contribution >= 4 is 57.4 Å². The molecule has 0 aliphatic rings. The number of hydrogen-bond acceptors (Lipinski definition) is 2. The number of halogens is 4. The van der Waals surface area contributed by atoms with Crippen LogP contribution in [-0.2, 0) is 12.8 Å². The van der Waals surface area contributed by atoms with Gasteiger partial charge in [-0.25, -0.2) is 9.97 Å². The molecule has 1 aromatic carbocycles. The van der Waals surface area contributed by atoms with Gasteiger partial charge in [0.2, 0.25) is 0 Å². The van der Waals surface area contributed by atoms with Crippen LogP contribution in [0, 0.1) is 3.57 Å². The first kappa shape index (κ1) is 16.3. The van der Waals surface area contributed by atoms with Crippen molar-refractivity contribution in [2.24, 2.45) is 0 Å². The molecule has 0 saturated heterocycles. The Morgan fingerprint density at radius 1 is 1.10 bits per heavy atom. The molecule has 2 rings (SSSR count). The first-order valence-corrected chi connectivity index (χ1v) is 8.37. The number of rotatable bonds is 4. The summed E-state index contributed by atoms with van der Waals surface area (Å²) in [6.07, 6.45) is 2.37. The van der Waals surface area contributed by atoms with E-state index in [0.29, 0.717) is 27.4 Å². The fourth-order valence-electron chi connectivity index (χ4n) is 1.85. The summed E-state index contributed by atoms with van der Waals surface area (Å²) in [6, 6.07) is 5.44. The van der Waals surface area contributed by atoms with Crippen LogP contribution in [0.4, 0.5) is 0 Å². The molecule has 0 atom stereocenters. The molecule has 0 saturated carbocycles. The lowest BCUT2D eigenvalue weighted by Gasteiger charge is -2.09. The standard InChI is InChI=1S/C14H12Cl3IN2/c1-2-4-11-13(18)14(17)20-12(19-11)7-8-9(15)5-3-6-10(8)16/h3,5-6H,2,4,7H2,1H3. The minimum Gasteiger partial charge on any atom is -0.236 e. The number of aromatic nitrogens is 2. The third kappa shape index (κ3) is 3.75. The first-order valence-electron chi connectivity index (χ1n) is 6.16. The maximum absolute atomic E-state index is 6.18. The van der Waals surface area contributed by atoms with Gasteiger partial charge in [0.1, 0.15) is 11.0 Å². The highest BCUT2D eigenvalue weighted by atomic mass is 127. The molecule has 0 unspecified atom stereocenters. The van der Waals surface area contributed by atoms with E-state index in [-0.39, 0.29) is 0 Å². The van der Waals surface area contributed by atoms with Crippen LogP contribution in [0.3, 0.4) is 0 Å². The van der Waals surface area contributed by atoms with E-state index in [4.69, 9.17) is 34.8 Å². The molecule has 20 heavy (non-hydrogen) atoms. The van der Waals surface area contributed by atoms with Gasteiger partial charge in [-0.15, -0.1) is 0 Å². The Bertz CT molecular complexity index is 612. The van der Waals surface area contributed by atoms with Gasteiger partial charge in [0, 0.05) is 16.5 Å². The second-order valence-electron chi connectivity index (χ2n) is 4.32. The highest BCUT2D eigenvalue weighted by Gasteiger charge is 2.13. The molecule has 0 bridgehead atoms. The second kappa shape index (κ2) is 7.25. The summed E-state index contributed by atoms with van der Waals surface area (Å²) in [7, 11) is 0. The van der Waals surface area contributed by atoms with Gasteiger partial charge in [0.25, 0.3) is 0 Å². The van der Waals surface area contributed by atoms with Crippen LogP contribution < -0.4 is 0 Å². The summed E-state index contributed by atoms with van der Waals surface area (Å²) >= 11 is 20.7. The van der Waals surface area contributed by atoms with Crippen molar-refractivity contribution in [3.8, 4) is 0 Å².